The number of rotatable bonds is 8. The molecule has 0 unspecified atom stereocenters. The first-order chi connectivity index (χ1) is 7.38. The van der Waals surface area contributed by atoms with Gasteiger partial charge in [0, 0.05) is 6.54 Å². The average Bonchev–Trinajstić information content (AvgIpc) is 2.70. The molecule has 0 atom stereocenters. The molecule has 0 aromatic carbocycles. The average molecular weight is 211 g/mol. The fourth-order valence-electron chi connectivity index (χ4n) is 1.65. The van der Waals surface area contributed by atoms with Gasteiger partial charge in [0.15, 0.2) is 5.82 Å². The van der Waals surface area contributed by atoms with Crippen LogP contribution in [-0.2, 0) is 13.2 Å². The van der Waals surface area contributed by atoms with Gasteiger partial charge in [-0.25, -0.2) is 0 Å². The van der Waals surface area contributed by atoms with E-state index in [0.717, 1.165) is 13.0 Å². The molecule has 86 valence electrons. The van der Waals surface area contributed by atoms with E-state index in [9.17, 15) is 0 Å². The van der Waals surface area contributed by atoms with E-state index in [1.54, 1.807) is 6.33 Å². The molecule has 4 heteroatoms. The van der Waals surface area contributed by atoms with E-state index in [1.165, 1.54) is 32.1 Å². The maximum absolute atomic E-state index is 8.96. The van der Waals surface area contributed by atoms with E-state index in [1.807, 2.05) is 4.57 Å². The molecular weight excluding hydrogens is 190 g/mol. The largest absolute Gasteiger partial charge is 0.388 e. The topological polar surface area (TPSA) is 50.9 Å². The summed E-state index contributed by atoms with van der Waals surface area (Å²) in [5.41, 5.74) is 0. The summed E-state index contributed by atoms with van der Waals surface area (Å²) in [5, 5.41) is 16.6. The van der Waals surface area contributed by atoms with Crippen molar-refractivity contribution in [2.75, 3.05) is 0 Å². The van der Waals surface area contributed by atoms with E-state index in [2.05, 4.69) is 17.1 Å². The Morgan fingerprint density at radius 3 is 2.67 bits per heavy atom. The van der Waals surface area contributed by atoms with E-state index < -0.39 is 0 Å². The van der Waals surface area contributed by atoms with Crippen LogP contribution in [0.2, 0.25) is 0 Å². The smallest absolute Gasteiger partial charge is 0.158 e. The molecule has 0 bridgehead atoms. The third kappa shape index (κ3) is 4.42. The molecular formula is C11H21N3O. The molecule has 1 aromatic rings. The lowest BCUT2D eigenvalue weighted by atomic mass is 10.1. The van der Waals surface area contributed by atoms with Crippen molar-refractivity contribution in [2.24, 2.45) is 0 Å². The highest BCUT2D eigenvalue weighted by Gasteiger charge is 2.01. The molecule has 0 saturated carbocycles. The Hall–Kier alpha value is -0.900. The molecule has 0 fully saturated rings. The van der Waals surface area contributed by atoms with Crippen LogP contribution in [0.25, 0.3) is 0 Å². The summed E-state index contributed by atoms with van der Waals surface area (Å²) in [6, 6.07) is 0. The van der Waals surface area contributed by atoms with Crippen molar-refractivity contribution in [3.63, 3.8) is 0 Å². The van der Waals surface area contributed by atoms with Gasteiger partial charge >= 0.3 is 0 Å². The SMILES string of the molecule is CCCCCCCCn1cnnc1CO. The van der Waals surface area contributed by atoms with Gasteiger partial charge in [0.2, 0.25) is 0 Å². The van der Waals surface area contributed by atoms with Gasteiger partial charge in [0.05, 0.1) is 0 Å². The number of aliphatic hydroxyl groups excluding tert-OH is 1. The van der Waals surface area contributed by atoms with Crippen molar-refractivity contribution in [3.05, 3.63) is 12.2 Å². The molecule has 4 nitrogen and oxygen atoms in total. The summed E-state index contributed by atoms with van der Waals surface area (Å²) in [5.74, 6) is 0.670. The first-order valence-corrected chi connectivity index (χ1v) is 5.86. The number of aromatic nitrogens is 3. The highest BCUT2D eigenvalue weighted by atomic mass is 16.3. The Labute approximate surface area is 91.3 Å². The highest BCUT2D eigenvalue weighted by molar-refractivity contribution is 4.81. The predicted molar refractivity (Wildman–Crippen MR) is 59.3 cm³/mol. The molecule has 0 aliphatic heterocycles. The Morgan fingerprint density at radius 1 is 1.20 bits per heavy atom. The van der Waals surface area contributed by atoms with Crippen LogP contribution >= 0.6 is 0 Å². The molecule has 1 N–H and O–H groups in total. The minimum absolute atomic E-state index is 0.0180. The van der Waals surface area contributed by atoms with Crippen LogP contribution in [0.15, 0.2) is 6.33 Å². The molecule has 0 saturated heterocycles. The summed E-state index contributed by atoms with van der Waals surface area (Å²) >= 11 is 0. The molecule has 0 spiro atoms. The van der Waals surface area contributed by atoms with Crippen LogP contribution in [0, 0.1) is 0 Å². The third-order valence-electron chi connectivity index (χ3n) is 2.59. The van der Waals surface area contributed by atoms with Crippen molar-refractivity contribution in [1.82, 2.24) is 14.8 Å². The summed E-state index contributed by atoms with van der Waals surface area (Å²) in [6.45, 7) is 3.13. The summed E-state index contributed by atoms with van der Waals surface area (Å²) in [6.07, 6.45) is 9.37. The van der Waals surface area contributed by atoms with E-state index in [-0.39, 0.29) is 6.61 Å². The number of aliphatic hydroxyl groups is 1. The molecule has 0 aliphatic rings. The lowest BCUT2D eigenvalue weighted by molar-refractivity contribution is 0.264. The van der Waals surface area contributed by atoms with Crippen LogP contribution in [0.4, 0.5) is 0 Å². The van der Waals surface area contributed by atoms with E-state index in [4.69, 9.17) is 5.11 Å². The van der Waals surface area contributed by atoms with Crippen LogP contribution < -0.4 is 0 Å². The molecule has 0 aliphatic carbocycles. The Morgan fingerprint density at radius 2 is 1.93 bits per heavy atom. The second-order valence-electron chi connectivity index (χ2n) is 3.87. The Bertz CT molecular complexity index is 260. The van der Waals surface area contributed by atoms with Gasteiger partial charge in [-0.1, -0.05) is 39.0 Å². The van der Waals surface area contributed by atoms with Crippen molar-refractivity contribution in [3.8, 4) is 0 Å². The minimum atomic E-state index is -0.0180. The number of hydrogen-bond acceptors (Lipinski definition) is 3. The van der Waals surface area contributed by atoms with Crippen LogP contribution in [-0.4, -0.2) is 19.9 Å². The third-order valence-corrected chi connectivity index (χ3v) is 2.59. The number of aryl methyl sites for hydroxylation is 1. The van der Waals surface area contributed by atoms with E-state index in [0.29, 0.717) is 5.82 Å². The summed E-state index contributed by atoms with van der Waals surface area (Å²) in [7, 11) is 0. The van der Waals surface area contributed by atoms with Crippen molar-refractivity contribution < 1.29 is 5.11 Å². The maximum Gasteiger partial charge on any atom is 0.158 e. The van der Waals surface area contributed by atoms with Gasteiger partial charge in [-0.2, -0.15) is 0 Å². The molecule has 1 aromatic heterocycles. The monoisotopic (exact) mass is 211 g/mol. The second-order valence-corrected chi connectivity index (χ2v) is 3.87. The zero-order chi connectivity index (χ0) is 10.9. The first-order valence-electron chi connectivity index (χ1n) is 5.86. The number of hydrogen-bond donors (Lipinski definition) is 1. The zero-order valence-corrected chi connectivity index (χ0v) is 9.52. The highest BCUT2D eigenvalue weighted by Crippen LogP contribution is 2.06. The quantitative estimate of drug-likeness (QED) is 0.670. The molecule has 1 heterocycles. The fraction of sp³-hybridized carbons (Fsp3) is 0.818. The standard InChI is InChI=1S/C11H21N3O/c1-2-3-4-5-6-7-8-14-10-12-13-11(14)9-15/h10,15H,2-9H2,1H3. The number of nitrogens with zero attached hydrogens (tertiary/aromatic N) is 3. The molecule has 15 heavy (non-hydrogen) atoms. The zero-order valence-electron chi connectivity index (χ0n) is 9.52. The second kappa shape index (κ2) is 7.40. The molecule has 0 amide bonds. The van der Waals surface area contributed by atoms with Crippen molar-refractivity contribution in [2.45, 2.75) is 58.6 Å². The Kier molecular flexibility index (Phi) is 6.00. The van der Waals surface area contributed by atoms with E-state index >= 15 is 0 Å². The fourth-order valence-corrected chi connectivity index (χ4v) is 1.65. The lowest BCUT2D eigenvalue weighted by Crippen LogP contribution is -2.02. The molecule has 0 radical (unpaired) electrons. The van der Waals surface area contributed by atoms with Gasteiger partial charge in [-0.3, -0.25) is 0 Å². The molecule has 1 rings (SSSR count). The van der Waals surface area contributed by atoms with Crippen LogP contribution in [0.1, 0.15) is 51.3 Å². The number of unbranched alkanes of at least 4 members (excludes halogenated alkanes) is 5. The normalized spacial score (nSPS) is 10.8. The van der Waals surface area contributed by atoms with Gasteiger partial charge in [-0.15, -0.1) is 10.2 Å². The van der Waals surface area contributed by atoms with Gasteiger partial charge < -0.3 is 9.67 Å². The van der Waals surface area contributed by atoms with Crippen molar-refractivity contribution >= 4 is 0 Å². The Balaban J connectivity index is 2.09. The van der Waals surface area contributed by atoms with Crippen molar-refractivity contribution in [1.29, 1.82) is 0 Å². The first kappa shape index (κ1) is 12.2. The van der Waals surface area contributed by atoms with Crippen LogP contribution in [0.5, 0.6) is 0 Å². The minimum Gasteiger partial charge on any atom is -0.388 e. The lowest BCUT2D eigenvalue weighted by Gasteiger charge is -2.04. The van der Waals surface area contributed by atoms with Gasteiger partial charge in [0.25, 0.3) is 0 Å². The predicted octanol–water partition coefficient (Wildman–Crippen LogP) is 2.13. The summed E-state index contributed by atoms with van der Waals surface area (Å²) in [4.78, 5) is 0. The summed E-state index contributed by atoms with van der Waals surface area (Å²) < 4.78 is 1.93. The van der Waals surface area contributed by atoms with Crippen LogP contribution in [0.3, 0.4) is 0 Å². The maximum atomic E-state index is 8.96. The van der Waals surface area contributed by atoms with Gasteiger partial charge in [-0.05, 0) is 6.42 Å². The van der Waals surface area contributed by atoms with Gasteiger partial charge in [0.1, 0.15) is 12.9 Å².